The van der Waals surface area contributed by atoms with Crippen LogP contribution in [0.2, 0.25) is 0 Å². The van der Waals surface area contributed by atoms with Gasteiger partial charge >= 0.3 is 0 Å². The van der Waals surface area contributed by atoms with Gasteiger partial charge in [-0.1, -0.05) is 77.6 Å². The van der Waals surface area contributed by atoms with Gasteiger partial charge in [-0.25, -0.2) is 0 Å². The molecular formula is C16H12Br3NO. The number of hydrogen-bond acceptors (Lipinski definition) is 1. The number of carbonyl (C=O) groups excluding carboxylic acids is 1. The summed E-state index contributed by atoms with van der Waals surface area (Å²) in [7, 11) is 0. The van der Waals surface area contributed by atoms with Crippen molar-refractivity contribution in [1.82, 2.24) is 0 Å². The van der Waals surface area contributed by atoms with Gasteiger partial charge in [0.05, 0.1) is 12.2 Å². The second kappa shape index (κ2) is 5.52. The molecule has 1 aliphatic heterocycles. The minimum absolute atomic E-state index is 0.00354. The Morgan fingerprint density at radius 3 is 2.43 bits per heavy atom. The van der Waals surface area contributed by atoms with Crippen molar-refractivity contribution in [3.8, 4) is 0 Å². The summed E-state index contributed by atoms with van der Waals surface area (Å²) >= 11 is 10.5. The van der Waals surface area contributed by atoms with Crippen molar-refractivity contribution in [2.75, 3.05) is 4.90 Å². The first-order valence-corrected chi connectivity index (χ1v) is 8.83. The van der Waals surface area contributed by atoms with Crippen LogP contribution in [0.25, 0.3) is 0 Å². The number of fused-ring (bicyclic) bond motifs is 1. The van der Waals surface area contributed by atoms with Gasteiger partial charge in [-0.15, -0.1) is 0 Å². The van der Waals surface area contributed by atoms with Crippen LogP contribution in [0.15, 0.2) is 46.9 Å². The highest BCUT2D eigenvalue weighted by Crippen LogP contribution is 2.51. The van der Waals surface area contributed by atoms with Crippen molar-refractivity contribution in [3.63, 3.8) is 0 Å². The summed E-state index contributed by atoms with van der Waals surface area (Å²) in [5.74, 6) is -0.00354. The summed E-state index contributed by atoms with van der Waals surface area (Å²) in [6.07, 6.45) is 0. The van der Waals surface area contributed by atoms with E-state index in [1.165, 1.54) is 5.56 Å². The van der Waals surface area contributed by atoms with Crippen molar-refractivity contribution >= 4 is 59.4 Å². The Labute approximate surface area is 148 Å². The molecule has 0 bridgehead atoms. The van der Waals surface area contributed by atoms with E-state index in [4.69, 9.17) is 0 Å². The third-order valence-electron chi connectivity index (χ3n) is 3.56. The molecular weight excluding hydrogens is 462 g/mol. The molecule has 2 aromatic rings. The zero-order valence-electron chi connectivity index (χ0n) is 11.2. The van der Waals surface area contributed by atoms with Crippen LogP contribution in [0.5, 0.6) is 0 Å². The van der Waals surface area contributed by atoms with Crippen molar-refractivity contribution in [1.29, 1.82) is 0 Å². The lowest BCUT2D eigenvalue weighted by atomic mass is 10.1. The summed E-state index contributed by atoms with van der Waals surface area (Å²) in [6.45, 7) is 2.62. The third kappa shape index (κ3) is 2.71. The zero-order chi connectivity index (χ0) is 15.2. The zero-order valence-corrected chi connectivity index (χ0v) is 16.0. The fourth-order valence-electron chi connectivity index (χ4n) is 2.42. The van der Waals surface area contributed by atoms with Gasteiger partial charge in [0.25, 0.3) is 5.91 Å². The second-order valence-corrected chi connectivity index (χ2v) is 9.47. The lowest BCUT2D eigenvalue weighted by Crippen LogP contribution is -2.32. The molecule has 0 aromatic heterocycles. The number of rotatable bonds is 2. The lowest BCUT2D eigenvalue weighted by Gasteiger charge is -2.19. The Hall–Kier alpha value is -0.650. The molecule has 0 atom stereocenters. The molecule has 2 aromatic carbocycles. The molecule has 3 rings (SSSR count). The molecule has 0 saturated carbocycles. The maximum atomic E-state index is 12.7. The topological polar surface area (TPSA) is 20.3 Å². The van der Waals surface area contributed by atoms with Gasteiger partial charge in [-0.2, -0.15) is 0 Å². The van der Waals surface area contributed by atoms with E-state index in [0.29, 0.717) is 6.54 Å². The Balaban J connectivity index is 2.00. The number of hydrogen-bond donors (Lipinski definition) is 0. The van der Waals surface area contributed by atoms with E-state index in [-0.39, 0.29) is 5.91 Å². The fraction of sp³-hybridized carbons (Fsp3) is 0.188. The smallest absolute Gasteiger partial charge is 0.259 e. The molecule has 0 spiro atoms. The van der Waals surface area contributed by atoms with Gasteiger partial charge in [0.2, 0.25) is 0 Å². The number of carbonyl (C=O) groups is 1. The van der Waals surface area contributed by atoms with E-state index in [1.54, 1.807) is 4.90 Å². The van der Waals surface area contributed by atoms with Crippen LogP contribution in [-0.4, -0.2) is 5.91 Å². The minimum Gasteiger partial charge on any atom is -0.305 e. The number of aryl methyl sites for hydroxylation is 1. The molecule has 1 aliphatic rings. The SMILES string of the molecule is Cc1ccc(CN2C(=O)C(Br)(Br)c3cc(Br)ccc32)cc1. The molecule has 108 valence electrons. The number of alkyl halides is 2. The van der Waals surface area contributed by atoms with Crippen LogP contribution >= 0.6 is 47.8 Å². The van der Waals surface area contributed by atoms with E-state index in [0.717, 1.165) is 21.3 Å². The molecule has 0 radical (unpaired) electrons. The molecule has 1 amide bonds. The maximum absolute atomic E-state index is 12.7. The molecule has 1 heterocycles. The monoisotopic (exact) mass is 471 g/mol. The third-order valence-corrected chi connectivity index (χ3v) is 5.59. The molecule has 0 N–H and O–H groups in total. The Bertz CT molecular complexity index is 710. The highest BCUT2D eigenvalue weighted by atomic mass is 79.9. The summed E-state index contributed by atoms with van der Waals surface area (Å²) in [4.78, 5) is 14.5. The van der Waals surface area contributed by atoms with Gasteiger partial charge in [0, 0.05) is 10.0 Å². The van der Waals surface area contributed by atoms with Crippen molar-refractivity contribution in [2.24, 2.45) is 0 Å². The van der Waals surface area contributed by atoms with Crippen molar-refractivity contribution < 1.29 is 4.79 Å². The van der Waals surface area contributed by atoms with E-state index in [1.807, 2.05) is 18.2 Å². The molecule has 5 heteroatoms. The van der Waals surface area contributed by atoms with E-state index >= 15 is 0 Å². The van der Waals surface area contributed by atoms with Gasteiger partial charge in [0.15, 0.2) is 3.23 Å². The quantitative estimate of drug-likeness (QED) is 0.546. The number of amides is 1. The number of halogens is 3. The highest BCUT2D eigenvalue weighted by molar-refractivity contribution is 9.25. The standard InChI is InChI=1S/C16H12Br3NO/c1-10-2-4-11(5-3-10)9-20-14-7-6-12(17)8-13(14)16(18,19)15(20)21/h2-8H,9H2,1H3. The van der Waals surface area contributed by atoms with E-state index in [9.17, 15) is 4.79 Å². The van der Waals surface area contributed by atoms with E-state index in [2.05, 4.69) is 79.0 Å². The molecule has 0 fully saturated rings. The molecule has 0 unspecified atom stereocenters. The van der Waals surface area contributed by atoms with Crippen LogP contribution < -0.4 is 4.90 Å². The maximum Gasteiger partial charge on any atom is 0.259 e. The van der Waals surface area contributed by atoms with E-state index < -0.39 is 3.23 Å². The highest BCUT2D eigenvalue weighted by Gasteiger charge is 2.47. The normalized spacial score (nSPS) is 16.2. The lowest BCUT2D eigenvalue weighted by molar-refractivity contribution is -0.118. The predicted molar refractivity (Wildman–Crippen MR) is 96.0 cm³/mol. The first-order chi connectivity index (χ1) is 9.89. The van der Waals surface area contributed by atoms with Crippen LogP contribution in [-0.2, 0) is 14.6 Å². The first-order valence-electron chi connectivity index (χ1n) is 6.45. The van der Waals surface area contributed by atoms with Crippen LogP contribution in [0, 0.1) is 6.92 Å². The largest absolute Gasteiger partial charge is 0.305 e. The van der Waals surface area contributed by atoms with Gasteiger partial charge in [0.1, 0.15) is 0 Å². The summed E-state index contributed by atoms with van der Waals surface area (Å²) in [5.41, 5.74) is 4.18. The number of benzene rings is 2. The predicted octanol–water partition coefficient (Wildman–Crippen LogP) is 5.25. The van der Waals surface area contributed by atoms with Crippen LogP contribution in [0.1, 0.15) is 16.7 Å². The van der Waals surface area contributed by atoms with Gasteiger partial charge in [-0.3, -0.25) is 4.79 Å². The number of nitrogens with zero attached hydrogens (tertiary/aromatic N) is 1. The van der Waals surface area contributed by atoms with Crippen molar-refractivity contribution in [2.45, 2.75) is 16.7 Å². The van der Waals surface area contributed by atoms with Gasteiger partial charge in [-0.05, 0) is 30.7 Å². The number of anilines is 1. The second-order valence-electron chi connectivity index (χ2n) is 5.11. The van der Waals surface area contributed by atoms with Crippen LogP contribution in [0.4, 0.5) is 5.69 Å². The summed E-state index contributed by atoms with van der Waals surface area (Å²) in [6, 6.07) is 14.1. The molecule has 21 heavy (non-hydrogen) atoms. The molecule has 0 saturated heterocycles. The van der Waals surface area contributed by atoms with Crippen LogP contribution in [0.3, 0.4) is 0 Å². The van der Waals surface area contributed by atoms with Crippen molar-refractivity contribution in [3.05, 3.63) is 63.6 Å². The average molecular weight is 474 g/mol. The average Bonchev–Trinajstić information content (AvgIpc) is 2.63. The fourth-order valence-corrected chi connectivity index (χ4v) is 3.85. The minimum atomic E-state index is -0.843. The Morgan fingerprint density at radius 2 is 1.76 bits per heavy atom. The molecule has 2 nitrogen and oxygen atoms in total. The van der Waals surface area contributed by atoms with Gasteiger partial charge < -0.3 is 4.90 Å². The summed E-state index contributed by atoms with van der Waals surface area (Å²) < 4.78 is 0.110. The Kier molecular flexibility index (Phi) is 4.01. The summed E-state index contributed by atoms with van der Waals surface area (Å²) in [5, 5.41) is 0. The first kappa shape index (κ1) is 15.3. The Morgan fingerprint density at radius 1 is 1.10 bits per heavy atom. The molecule has 0 aliphatic carbocycles.